The minimum Gasteiger partial charge on any atom is -0.381 e. The highest BCUT2D eigenvalue weighted by Gasteiger charge is 2.41. The van der Waals surface area contributed by atoms with Gasteiger partial charge in [-0.1, -0.05) is 0 Å². The van der Waals surface area contributed by atoms with Gasteiger partial charge in [0, 0.05) is 20.9 Å². The van der Waals surface area contributed by atoms with Crippen LogP contribution in [0.25, 0.3) is 0 Å². The Labute approximate surface area is 66.8 Å². The lowest BCUT2D eigenvalue weighted by Gasteiger charge is -2.22. The lowest BCUT2D eigenvalue weighted by atomic mass is 10.1. The summed E-state index contributed by atoms with van der Waals surface area (Å²) in [6.07, 6.45) is 0.917. The molecule has 0 unspecified atom stereocenters. The maximum Gasteiger partial charge on any atom is 0.279 e. The molecule has 0 radical (unpaired) electrons. The van der Waals surface area contributed by atoms with E-state index in [4.69, 9.17) is 4.74 Å². The van der Waals surface area contributed by atoms with E-state index < -0.39 is 4.45 Å². The zero-order valence-corrected chi connectivity index (χ0v) is 6.96. The van der Waals surface area contributed by atoms with E-state index in [1.807, 2.05) is 0 Å². The third kappa shape index (κ3) is 1.46. The number of alkyl halides is 1. The van der Waals surface area contributed by atoms with E-state index >= 15 is 0 Å². The largest absolute Gasteiger partial charge is 0.381 e. The maximum atomic E-state index is 10.4. The van der Waals surface area contributed by atoms with Crippen molar-refractivity contribution in [2.75, 3.05) is 13.2 Å². The molecule has 0 amide bonds. The van der Waals surface area contributed by atoms with Gasteiger partial charge in [-0.05, 0) is 0 Å². The minimum absolute atomic E-state index is 0.282. The number of nitrogens with zero attached hydrogens (tertiary/aromatic N) is 1. The van der Waals surface area contributed by atoms with Crippen molar-refractivity contribution in [2.45, 2.75) is 17.3 Å². The Kier molecular flexibility index (Phi) is 2.25. The number of ether oxygens (including phenoxy) is 1. The fourth-order valence-corrected chi connectivity index (χ4v) is 1.19. The van der Waals surface area contributed by atoms with Crippen LogP contribution >= 0.6 is 15.9 Å². The molecule has 0 N–H and O–H groups in total. The van der Waals surface area contributed by atoms with Gasteiger partial charge < -0.3 is 4.74 Å². The van der Waals surface area contributed by atoms with E-state index in [9.17, 15) is 10.1 Å². The van der Waals surface area contributed by atoms with Crippen LogP contribution in [-0.4, -0.2) is 22.6 Å². The lowest BCUT2D eigenvalue weighted by molar-refractivity contribution is -0.542. The molecule has 0 aliphatic carbocycles. The van der Waals surface area contributed by atoms with Gasteiger partial charge in [0.2, 0.25) is 0 Å². The molecule has 0 bridgehead atoms. The zero-order chi connectivity index (χ0) is 7.61. The van der Waals surface area contributed by atoms with Crippen LogP contribution in [0.5, 0.6) is 0 Å². The molecule has 0 aromatic rings. The molecule has 0 saturated carbocycles. The number of halogens is 1. The van der Waals surface area contributed by atoms with Crippen LogP contribution in [0.3, 0.4) is 0 Å². The number of hydrogen-bond donors (Lipinski definition) is 0. The number of hydrogen-bond acceptors (Lipinski definition) is 3. The standard InChI is InChI=1S/C5H8BrNO3/c6-5(7(8)9)1-3-10-4-2-5/h1-4H2. The maximum absolute atomic E-state index is 10.4. The minimum atomic E-state index is -0.911. The summed E-state index contributed by atoms with van der Waals surface area (Å²) in [5, 5.41) is 10.4. The number of nitro groups is 1. The molecule has 10 heavy (non-hydrogen) atoms. The fourth-order valence-electron chi connectivity index (χ4n) is 0.867. The Morgan fingerprint density at radius 3 is 2.30 bits per heavy atom. The summed E-state index contributed by atoms with van der Waals surface area (Å²) in [5.74, 6) is 0. The smallest absolute Gasteiger partial charge is 0.279 e. The third-order valence-electron chi connectivity index (χ3n) is 1.59. The van der Waals surface area contributed by atoms with E-state index in [0.717, 1.165) is 0 Å². The van der Waals surface area contributed by atoms with Crippen molar-refractivity contribution < 1.29 is 9.66 Å². The van der Waals surface area contributed by atoms with Gasteiger partial charge >= 0.3 is 0 Å². The van der Waals surface area contributed by atoms with Gasteiger partial charge in [-0.3, -0.25) is 10.1 Å². The summed E-state index contributed by atoms with van der Waals surface area (Å²) in [7, 11) is 0. The Morgan fingerprint density at radius 1 is 1.50 bits per heavy atom. The molecule has 1 fully saturated rings. The number of rotatable bonds is 1. The molecule has 1 saturated heterocycles. The second-order valence-electron chi connectivity index (χ2n) is 2.29. The van der Waals surface area contributed by atoms with Crippen molar-refractivity contribution in [1.29, 1.82) is 0 Å². The topological polar surface area (TPSA) is 52.4 Å². The molecule has 1 heterocycles. The van der Waals surface area contributed by atoms with Crippen LogP contribution < -0.4 is 0 Å². The fraction of sp³-hybridized carbons (Fsp3) is 1.00. The van der Waals surface area contributed by atoms with Gasteiger partial charge in [-0.2, -0.15) is 0 Å². The molecule has 0 spiro atoms. The van der Waals surface area contributed by atoms with Crippen LogP contribution in [-0.2, 0) is 4.74 Å². The summed E-state index contributed by atoms with van der Waals surface area (Å²) < 4.78 is 4.07. The highest BCUT2D eigenvalue weighted by molar-refractivity contribution is 9.10. The molecule has 58 valence electrons. The molecule has 0 aromatic carbocycles. The molecular weight excluding hydrogens is 202 g/mol. The first-order chi connectivity index (χ1) is 4.65. The van der Waals surface area contributed by atoms with E-state index in [2.05, 4.69) is 15.9 Å². The van der Waals surface area contributed by atoms with Crippen molar-refractivity contribution in [3.8, 4) is 0 Å². The zero-order valence-electron chi connectivity index (χ0n) is 5.38. The summed E-state index contributed by atoms with van der Waals surface area (Å²) in [6.45, 7) is 0.957. The van der Waals surface area contributed by atoms with Crippen molar-refractivity contribution in [3.05, 3.63) is 10.1 Å². The second kappa shape index (κ2) is 2.84. The molecule has 1 aliphatic rings. The van der Waals surface area contributed by atoms with Gasteiger partial charge in [-0.25, -0.2) is 0 Å². The highest BCUT2D eigenvalue weighted by atomic mass is 79.9. The van der Waals surface area contributed by atoms with Crippen LogP contribution in [0.15, 0.2) is 0 Å². The van der Waals surface area contributed by atoms with Crippen molar-refractivity contribution >= 4 is 15.9 Å². The van der Waals surface area contributed by atoms with E-state index in [1.165, 1.54) is 0 Å². The highest BCUT2D eigenvalue weighted by Crippen LogP contribution is 2.30. The van der Waals surface area contributed by atoms with Gasteiger partial charge in [0.25, 0.3) is 4.45 Å². The first kappa shape index (κ1) is 7.94. The summed E-state index contributed by atoms with van der Waals surface area (Å²) in [4.78, 5) is 10.1. The molecule has 1 rings (SSSR count). The summed E-state index contributed by atoms with van der Waals surface area (Å²) in [5.41, 5.74) is 0. The van der Waals surface area contributed by atoms with E-state index in [1.54, 1.807) is 0 Å². The van der Waals surface area contributed by atoms with Crippen LogP contribution in [0, 0.1) is 10.1 Å². The monoisotopic (exact) mass is 209 g/mol. The Bertz CT molecular complexity index is 144. The van der Waals surface area contributed by atoms with Crippen molar-refractivity contribution in [1.82, 2.24) is 0 Å². The summed E-state index contributed by atoms with van der Waals surface area (Å²) in [6, 6.07) is 0. The van der Waals surface area contributed by atoms with Crippen LogP contribution in [0.4, 0.5) is 0 Å². The Morgan fingerprint density at radius 2 is 2.00 bits per heavy atom. The first-order valence-electron chi connectivity index (χ1n) is 3.06. The van der Waals surface area contributed by atoms with Crippen molar-refractivity contribution in [3.63, 3.8) is 0 Å². The van der Waals surface area contributed by atoms with Gasteiger partial charge in [0.1, 0.15) is 0 Å². The normalized spacial score (nSPS) is 24.1. The average Bonchev–Trinajstić information content (AvgIpc) is 1.89. The van der Waals surface area contributed by atoms with Crippen LogP contribution in [0.2, 0.25) is 0 Å². The molecule has 1 aliphatic heterocycles. The third-order valence-corrected chi connectivity index (χ3v) is 2.67. The molecule has 5 heteroatoms. The Balaban J connectivity index is 2.56. The predicted molar refractivity (Wildman–Crippen MR) is 38.7 cm³/mol. The quantitative estimate of drug-likeness (QED) is 0.282. The van der Waals surface area contributed by atoms with Gasteiger partial charge in [0.05, 0.1) is 26.1 Å². The van der Waals surface area contributed by atoms with Crippen molar-refractivity contribution in [2.24, 2.45) is 0 Å². The Hall–Kier alpha value is -0.160. The molecule has 0 aromatic heterocycles. The summed E-state index contributed by atoms with van der Waals surface area (Å²) >= 11 is 3.08. The molecule has 0 atom stereocenters. The predicted octanol–water partition coefficient (Wildman–Crippen LogP) is 1.16. The van der Waals surface area contributed by atoms with E-state index in [0.29, 0.717) is 26.1 Å². The van der Waals surface area contributed by atoms with Gasteiger partial charge in [-0.15, -0.1) is 0 Å². The van der Waals surface area contributed by atoms with Gasteiger partial charge in [0.15, 0.2) is 0 Å². The van der Waals surface area contributed by atoms with E-state index in [-0.39, 0.29) is 4.92 Å². The lowest BCUT2D eigenvalue weighted by Crippen LogP contribution is -2.37. The average molecular weight is 210 g/mol. The SMILES string of the molecule is O=[N+]([O-])C1(Br)CCOCC1. The second-order valence-corrected chi connectivity index (χ2v) is 3.76. The molecular formula is C5H8BrNO3. The molecule has 4 nitrogen and oxygen atoms in total. The first-order valence-corrected chi connectivity index (χ1v) is 3.86. The van der Waals surface area contributed by atoms with Crippen LogP contribution in [0.1, 0.15) is 12.8 Å².